The van der Waals surface area contributed by atoms with Crippen LogP contribution in [0.4, 0.5) is 0 Å². The van der Waals surface area contributed by atoms with Crippen molar-refractivity contribution >= 4 is 5.97 Å². The second-order valence-electron chi connectivity index (χ2n) is 6.48. The minimum Gasteiger partial charge on any atom is -0.456 e. The summed E-state index contributed by atoms with van der Waals surface area (Å²) in [4.78, 5) is 12.4. The highest BCUT2D eigenvalue weighted by Crippen LogP contribution is 2.25. The summed E-state index contributed by atoms with van der Waals surface area (Å²) in [5.74, 6) is 0.283. The summed E-state index contributed by atoms with van der Waals surface area (Å²) >= 11 is 0. The van der Waals surface area contributed by atoms with Crippen molar-refractivity contribution < 1.29 is 19.1 Å². The molecule has 3 atom stereocenters. The highest BCUT2D eigenvalue weighted by Gasteiger charge is 2.30. The van der Waals surface area contributed by atoms with Gasteiger partial charge >= 0.3 is 5.97 Å². The number of carbonyl (C=O) groups is 1. The quantitative estimate of drug-likeness (QED) is 0.757. The van der Waals surface area contributed by atoms with Crippen LogP contribution < -0.4 is 0 Å². The molecular weight excluding hydrogens is 304 g/mol. The van der Waals surface area contributed by atoms with E-state index < -0.39 is 12.1 Å². The van der Waals surface area contributed by atoms with Gasteiger partial charge in [0.15, 0.2) is 0 Å². The van der Waals surface area contributed by atoms with Gasteiger partial charge in [0.1, 0.15) is 11.9 Å². The van der Waals surface area contributed by atoms with Crippen LogP contribution in [0.5, 0.6) is 0 Å². The first kappa shape index (κ1) is 18.3. The van der Waals surface area contributed by atoms with Crippen molar-refractivity contribution in [2.75, 3.05) is 0 Å². The predicted octanol–water partition coefficient (Wildman–Crippen LogP) is 4.54. The average Bonchev–Trinajstić information content (AvgIpc) is 3.08. The molecule has 0 radical (unpaired) electrons. The molecule has 0 spiro atoms. The van der Waals surface area contributed by atoms with Crippen LogP contribution in [-0.4, -0.2) is 23.3 Å². The molecule has 1 aromatic carbocycles. The number of furan rings is 1. The summed E-state index contributed by atoms with van der Waals surface area (Å²) in [6, 6.07) is 13.0. The standard InChI is InChI=1S/C20H26O4/c1-5-16(21)14(4)19(13(2)3)24-20(22)18-12-11-17(23-18)15-9-7-6-8-10-15/h6-14,16,19,21H,5H2,1-4H3/t14-,16-,19-/m0/s1. The van der Waals surface area contributed by atoms with Gasteiger partial charge in [0.2, 0.25) is 5.76 Å². The second kappa shape index (κ2) is 8.15. The molecule has 0 fully saturated rings. The molecule has 0 aliphatic heterocycles. The summed E-state index contributed by atoms with van der Waals surface area (Å²) in [5, 5.41) is 10.1. The molecule has 2 rings (SSSR count). The molecule has 0 unspecified atom stereocenters. The van der Waals surface area contributed by atoms with E-state index in [0.29, 0.717) is 12.2 Å². The number of esters is 1. The molecule has 0 bridgehead atoms. The Labute approximate surface area is 143 Å². The number of carbonyl (C=O) groups excluding carboxylic acids is 1. The van der Waals surface area contributed by atoms with Crippen LogP contribution in [0.1, 0.15) is 44.7 Å². The smallest absolute Gasteiger partial charge is 0.374 e. The molecule has 1 heterocycles. The zero-order valence-electron chi connectivity index (χ0n) is 14.7. The highest BCUT2D eigenvalue weighted by atomic mass is 16.6. The maximum atomic E-state index is 12.4. The van der Waals surface area contributed by atoms with Gasteiger partial charge in [-0.25, -0.2) is 4.79 Å². The Kier molecular flexibility index (Phi) is 6.21. The molecule has 24 heavy (non-hydrogen) atoms. The lowest BCUT2D eigenvalue weighted by atomic mass is 9.89. The first-order chi connectivity index (χ1) is 11.4. The normalized spacial score (nSPS) is 15.1. The van der Waals surface area contributed by atoms with Gasteiger partial charge in [-0.3, -0.25) is 0 Å². The summed E-state index contributed by atoms with van der Waals surface area (Å²) in [5.41, 5.74) is 0.909. The van der Waals surface area contributed by atoms with Crippen molar-refractivity contribution in [3.63, 3.8) is 0 Å². The first-order valence-corrected chi connectivity index (χ1v) is 8.48. The van der Waals surface area contributed by atoms with Crippen molar-refractivity contribution in [3.05, 3.63) is 48.2 Å². The Hall–Kier alpha value is -2.07. The molecular formula is C20H26O4. The van der Waals surface area contributed by atoms with Crippen molar-refractivity contribution in [2.45, 2.75) is 46.3 Å². The van der Waals surface area contributed by atoms with Crippen LogP contribution in [0, 0.1) is 11.8 Å². The zero-order chi connectivity index (χ0) is 17.7. The molecule has 4 heteroatoms. The van der Waals surface area contributed by atoms with Gasteiger partial charge in [-0.15, -0.1) is 0 Å². The maximum Gasteiger partial charge on any atom is 0.374 e. The predicted molar refractivity (Wildman–Crippen MR) is 93.6 cm³/mol. The maximum absolute atomic E-state index is 12.4. The Morgan fingerprint density at radius 1 is 1.12 bits per heavy atom. The van der Waals surface area contributed by atoms with E-state index in [9.17, 15) is 9.90 Å². The van der Waals surface area contributed by atoms with E-state index in [1.807, 2.05) is 58.0 Å². The molecule has 0 saturated carbocycles. The summed E-state index contributed by atoms with van der Waals surface area (Å²) < 4.78 is 11.3. The lowest BCUT2D eigenvalue weighted by Crippen LogP contribution is -2.36. The van der Waals surface area contributed by atoms with Crippen LogP contribution >= 0.6 is 0 Å². The van der Waals surface area contributed by atoms with E-state index in [0.717, 1.165) is 5.56 Å². The minimum absolute atomic E-state index is 0.105. The Morgan fingerprint density at radius 2 is 1.79 bits per heavy atom. The topological polar surface area (TPSA) is 59.7 Å². The fraction of sp³-hybridized carbons (Fsp3) is 0.450. The Bertz CT molecular complexity index is 645. The second-order valence-corrected chi connectivity index (χ2v) is 6.48. The number of aliphatic hydroxyl groups is 1. The van der Waals surface area contributed by atoms with Crippen molar-refractivity contribution in [3.8, 4) is 11.3 Å². The van der Waals surface area contributed by atoms with Crippen molar-refractivity contribution in [1.82, 2.24) is 0 Å². The van der Waals surface area contributed by atoms with Crippen LogP contribution in [0.25, 0.3) is 11.3 Å². The van der Waals surface area contributed by atoms with Gasteiger partial charge in [0, 0.05) is 11.5 Å². The Balaban J connectivity index is 2.12. The lowest BCUT2D eigenvalue weighted by Gasteiger charge is -2.29. The van der Waals surface area contributed by atoms with E-state index >= 15 is 0 Å². The monoisotopic (exact) mass is 330 g/mol. The van der Waals surface area contributed by atoms with E-state index in [1.165, 1.54) is 0 Å². The Morgan fingerprint density at radius 3 is 2.38 bits per heavy atom. The molecule has 1 N–H and O–H groups in total. The van der Waals surface area contributed by atoms with Crippen molar-refractivity contribution in [2.24, 2.45) is 11.8 Å². The number of hydrogen-bond acceptors (Lipinski definition) is 4. The van der Waals surface area contributed by atoms with Crippen LogP contribution in [0.15, 0.2) is 46.9 Å². The molecule has 0 saturated heterocycles. The van der Waals surface area contributed by atoms with Crippen LogP contribution in [-0.2, 0) is 4.74 Å². The van der Waals surface area contributed by atoms with E-state index in [2.05, 4.69) is 0 Å². The summed E-state index contributed by atoms with van der Waals surface area (Å²) in [6.45, 7) is 7.78. The van der Waals surface area contributed by atoms with Gasteiger partial charge in [-0.1, -0.05) is 58.0 Å². The van der Waals surface area contributed by atoms with Crippen LogP contribution in [0.3, 0.4) is 0 Å². The van der Waals surface area contributed by atoms with Gasteiger partial charge in [-0.05, 0) is 24.5 Å². The van der Waals surface area contributed by atoms with Gasteiger partial charge in [0.05, 0.1) is 6.10 Å². The third kappa shape index (κ3) is 4.26. The molecule has 130 valence electrons. The molecule has 0 aliphatic rings. The van der Waals surface area contributed by atoms with Gasteiger partial charge in [-0.2, -0.15) is 0 Å². The summed E-state index contributed by atoms with van der Waals surface area (Å²) in [7, 11) is 0. The number of aliphatic hydroxyl groups excluding tert-OH is 1. The lowest BCUT2D eigenvalue weighted by molar-refractivity contribution is -0.0335. The number of ether oxygens (including phenoxy) is 1. The molecule has 0 amide bonds. The fourth-order valence-electron chi connectivity index (χ4n) is 2.83. The molecule has 2 aromatic rings. The number of hydrogen-bond donors (Lipinski definition) is 1. The minimum atomic E-state index is -0.498. The van der Waals surface area contributed by atoms with Gasteiger partial charge in [0.25, 0.3) is 0 Å². The average molecular weight is 330 g/mol. The van der Waals surface area contributed by atoms with Crippen molar-refractivity contribution in [1.29, 1.82) is 0 Å². The third-order valence-electron chi connectivity index (χ3n) is 4.31. The van der Waals surface area contributed by atoms with E-state index in [1.54, 1.807) is 12.1 Å². The molecule has 4 nitrogen and oxygen atoms in total. The van der Waals surface area contributed by atoms with E-state index in [4.69, 9.17) is 9.15 Å². The third-order valence-corrected chi connectivity index (χ3v) is 4.31. The van der Waals surface area contributed by atoms with Crippen LogP contribution in [0.2, 0.25) is 0 Å². The number of benzene rings is 1. The number of rotatable bonds is 7. The fourth-order valence-corrected chi connectivity index (χ4v) is 2.83. The first-order valence-electron chi connectivity index (χ1n) is 8.48. The molecule has 0 aliphatic carbocycles. The largest absolute Gasteiger partial charge is 0.456 e. The van der Waals surface area contributed by atoms with Gasteiger partial charge < -0.3 is 14.3 Å². The van der Waals surface area contributed by atoms with E-state index in [-0.39, 0.29) is 23.7 Å². The highest BCUT2D eigenvalue weighted by molar-refractivity contribution is 5.87. The summed E-state index contributed by atoms with van der Waals surface area (Å²) in [6.07, 6.45) is -0.236. The SMILES string of the molecule is CC[C@H](O)[C@H](C)[C@@H](OC(=O)c1ccc(-c2ccccc2)o1)C(C)C. The zero-order valence-corrected chi connectivity index (χ0v) is 14.7. The molecule has 1 aromatic heterocycles.